The van der Waals surface area contributed by atoms with E-state index in [-0.39, 0.29) is 16.8 Å². The molecule has 0 aliphatic carbocycles. The topological polar surface area (TPSA) is 145 Å². The van der Waals surface area contributed by atoms with Crippen molar-refractivity contribution in [1.29, 1.82) is 0 Å². The molecule has 3 rings (SSSR count). The second kappa shape index (κ2) is 7.99. The van der Waals surface area contributed by atoms with E-state index in [2.05, 4.69) is 25.9 Å². The molecule has 30 heavy (non-hydrogen) atoms. The molecule has 10 heteroatoms. The predicted octanol–water partition coefficient (Wildman–Crippen LogP) is 2.77. The van der Waals surface area contributed by atoms with Gasteiger partial charge in [-0.05, 0) is 49.2 Å². The number of aliphatic imine (C=N–C) groups is 1. The maximum absolute atomic E-state index is 12.4. The van der Waals surface area contributed by atoms with Gasteiger partial charge >= 0.3 is 11.7 Å². The summed E-state index contributed by atoms with van der Waals surface area (Å²) in [6.45, 7) is 3.61. The van der Waals surface area contributed by atoms with Gasteiger partial charge in [0.25, 0.3) is 5.56 Å². The molecule has 0 saturated carbocycles. The fourth-order valence-electron chi connectivity index (χ4n) is 2.81. The highest BCUT2D eigenvalue weighted by molar-refractivity contribution is 9.10. The normalized spacial score (nSPS) is 11.2. The summed E-state index contributed by atoms with van der Waals surface area (Å²) in [4.78, 5) is 41.7. The molecule has 4 N–H and O–H groups in total. The van der Waals surface area contributed by atoms with E-state index in [4.69, 9.17) is 5.11 Å². The number of carbonyl (C=O) groups is 1. The van der Waals surface area contributed by atoms with Crippen molar-refractivity contribution in [3.8, 4) is 17.3 Å². The lowest BCUT2D eigenvalue weighted by Crippen LogP contribution is -2.31. The number of aromatic hydroxyl groups is 2. The van der Waals surface area contributed by atoms with E-state index >= 15 is 0 Å². The Morgan fingerprint density at radius 2 is 1.83 bits per heavy atom. The Balaban J connectivity index is 2.13. The number of aromatic nitrogens is 2. The standard InChI is InChI=1S/C20H16BrN3O6/c1-9-10(2)15(6-5-14(9)21)24-18(27)13(17(26)23-20(24)30)8-22-11-3-4-12(19(28)29)16(25)7-11/h3-8,25,27H,1-2H3,(H,28,29)(H,23,26,30). The first kappa shape index (κ1) is 21.1. The Hall–Kier alpha value is -3.66. The largest absolute Gasteiger partial charge is 0.507 e. The number of aromatic amines is 1. The highest BCUT2D eigenvalue weighted by Crippen LogP contribution is 2.27. The van der Waals surface area contributed by atoms with Crippen LogP contribution in [0.25, 0.3) is 5.69 Å². The molecule has 0 saturated heterocycles. The lowest BCUT2D eigenvalue weighted by atomic mass is 10.1. The molecule has 154 valence electrons. The van der Waals surface area contributed by atoms with Gasteiger partial charge in [-0.15, -0.1) is 0 Å². The average molecular weight is 474 g/mol. The van der Waals surface area contributed by atoms with E-state index in [1.165, 1.54) is 6.07 Å². The van der Waals surface area contributed by atoms with E-state index in [1.54, 1.807) is 19.1 Å². The fraction of sp³-hybridized carbons (Fsp3) is 0.100. The first-order valence-corrected chi connectivity index (χ1v) is 9.36. The number of aromatic carboxylic acids is 1. The first-order chi connectivity index (χ1) is 14.1. The third-order valence-corrected chi connectivity index (χ3v) is 5.47. The van der Waals surface area contributed by atoms with Crippen LogP contribution in [-0.4, -0.2) is 37.1 Å². The summed E-state index contributed by atoms with van der Waals surface area (Å²) in [6.07, 6.45) is 1.03. The fourth-order valence-corrected chi connectivity index (χ4v) is 3.24. The van der Waals surface area contributed by atoms with Crippen LogP contribution in [0.2, 0.25) is 0 Å². The van der Waals surface area contributed by atoms with Crippen LogP contribution in [0.3, 0.4) is 0 Å². The summed E-state index contributed by atoms with van der Waals surface area (Å²) in [5, 5.41) is 29.4. The van der Waals surface area contributed by atoms with E-state index in [0.29, 0.717) is 11.3 Å². The van der Waals surface area contributed by atoms with E-state index in [1.807, 2.05) is 6.92 Å². The molecule has 9 nitrogen and oxygen atoms in total. The molecule has 1 aromatic heterocycles. The molecule has 0 fully saturated rings. The van der Waals surface area contributed by atoms with Gasteiger partial charge in [-0.25, -0.2) is 14.2 Å². The van der Waals surface area contributed by atoms with Crippen LogP contribution in [0.5, 0.6) is 11.6 Å². The maximum atomic E-state index is 12.4. The van der Waals surface area contributed by atoms with Crippen molar-refractivity contribution in [3.63, 3.8) is 0 Å². The number of phenols is 1. The van der Waals surface area contributed by atoms with Crippen LogP contribution >= 0.6 is 15.9 Å². The van der Waals surface area contributed by atoms with Crippen molar-refractivity contribution in [2.24, 2.45) is 4.99 Å². The molecular formula is C20H16BrN3O6. The number of carboxylic acid groups (broad SMARTS) is 1. The Bertz CT molecular complexity index is 1320. The zero-order valence-electron chi connectivity index (χ0n) is 15.8. The SMILES string of the molecule is Cc1c(Br)ccc(-n2c(O)c(C=Nc3ccc(C(=O)O)c(O)c3)c(=O)[nH]c2=O)c1C. The van der Waals surface area contributed by atoms with Crippen LogP contribution in [0.1, 0.15) is 27.0 Å². The molecule has 0 aliphatic rings. The molecule has 0 amide bonds. The number of carboxylic acids is 1. The van der Waals surface area contributed by atoms with Gasteiger partial charge in [0, 0.05) is 16.8 Å². The lowest BCUT2D eigenvalue weighted by molar-refractivity contribution is 0.0694. The molecule has 0 atom stereocenters. The molecule has 0 radical (unpaired) electrons. The Morgan fingerprint density at radius 1 is 1.13 bits per heavy atom. The van der Waals surface area contributed by atoms with E-state index in [0.717, 1.165) is 33.0 Å². The van der Waals surface area contributed by atoms with Crippen LogP contribution in [0.4, 0.5) is 5.69 Å². The Labute approximate surface area is 177 Å². The molecule has 0 bridgehead atoms. The van der Waals surface area contributed by atoms with Gasteiger partial charge in [-0.3, -0.25) is 14.8 Å². The van der Waals surface area contributed by atoms with Gasteiger partial charge in [0.1, 0.15) is 16.9 Å². The third-order valence-electron chi connectivity index (χ3n) is 4.61. The Kier molecular flexibility index (Phi) is 5.61. The molecule has 0 aliphatic heterocycles. The summed E-state index contributed by atoms with van der Waals surface area (Å²) in [7, 11) is 0. The summed E-state index contributed by atoms with van der Waals surface area (Å²) in [6, 6.07) is 6.92. The summed E-state index contributed by atoms with van der Waals surface area (Å²) >= 11 is 3.40. The van der Waals surface area contributed by atoms with Crippen LogP contribution in [-0.2, 0) is 0 Å². The van der Waals surface area contributed by atoms with Crippen molar-refractivity contribution in [1.82, 2.24) is 9.55 Å². The average Bonchev–Trinajstić information content (AvgIpc) is 2.67. The number of nitrogens with one attached hydrogen (secondary N) is 1. The second-order valence-electron chi connectivity index (χ2n) is 6.41. The first-order valence-electron chi connectivity index (χ1n) is 8.56. The number of nitrogens with zero attached hydrogens (tertiary/aromatic N) is 2. The van der Waals surface area contributed by atoms with Crippen molar-refractivity contribution < 1.29 is 20.1 Å². The summed E-state index contributed by atoms with van der Waals surface area (Å²) < 4.78 is 1.79. The summed E-state index contributed by atoms with van der Waals surface area (Å²) in [5.74, 6) is -2.41. The van der Waals surface area contributed by atoms with E-state index in [9.17, 15) is 24.6 Å². The Morgan fingerprint density at radius 3 is 2.47 bits per heavy atom. The van der Waals surface area contributed by atoms with Crippen molar-refractivity contribution in [3.05, 3.63) is 77.9 Å². The molecule has 0 spiro atoms. The lowest BCUT2D eigenvalue weighted by Gasteiger charge is -2.14. The number of hydrogen-bond donors (Lipinski definition) is 4. The highest BCUT2D eigenvalue weighted by atomic mass is 79.9. The van der Waals surface area contributed by atoms with Crippen LogP contribution in [0, 0.1) is 13.8 Å². The number of halogens is 1. The minimum atomic E-state index is -1.30. The van der Waals surface area contributed by atoms with Gasteiger partial charge in [0.2, 0.25) is 5.88 Å². The van der Waals surface area contributed by atoms with Crippen LogP contribution in [0.15, 0.2) is 49.4 Å². The van der Waals surface area contributed by atoms with E-state index < -0.39 is 28.8 Å². The van der Waals surface area contributed by atoms with Gasteiger partial charge in [-0.1, -0.05) is 15.9 Å². The second-order valence-corrected chi connectivity index (χ2v) is 7.27. The predicted molar refractivity (Wildman–Crippen MR) is 114 cm³/mol. The smallest absolute Gasteiger partial charge is 0.339 e. The van der Waals surface area contributed by atoms with Crippen molar-refractivity contribution in [2.45, 2.75) is 13.8 Å². The zero-order valence-corrected chi connectivity index (χ0v) is 17.4. The number of hydrogen-bond acceptors (Lipinski definition) is 6. The monoisotopic (exact) mass is 473 g/mol. The minimum absolute atomic E-state index is 0.143. The zero-order chi connectivity index (χ0) is 22.2. The highest BCUT2D eigenvalue weighted by Gasteiger charge is 2.17. The van der Waals surface area contributed by atoms with Gasteiger partial charge in [0.05, 0.1) is 11.4 Å². The third kappa shape index (κ3) is 3.77. The number of rotatable bonds is 4. The van der Waals surface area contributed by atoms with Crippen molar-refractivity contribution >= 4 is 33.8 Å². The molecular weight excluding hydrogens is 458 g/mol. The minimum Gasteiger partial charge on any atom is -0.507 e. The van der Waals surface area contributed by atoms with Gasteiger partial charge in [-0.2, -0.15) is 0 Å². The molecule has 2 aromatic carbocycles. The number of benzene rings is 2. The number of H-pyrrole nitrogens is 1. The molecule has 1 heterocycles. The summed E-state index contributed by atoms with van der Waals surface area (Å²) in [5.41, 5.74) is -0.156. The van der Waals surface area contributed by atoms with Gasteiger partial charge in [0.15, 0.2) is 0 Å². The quantitative estimate of drug-likeness (QED) is 0.428. The van der Waals surface area contributed by atoms with Crippen LogP contribution < -0.4 is 11.2 Å². The van der Waals surface area contributed by atoms with Gasteiger partial charge < -0.3 is 15.3 Å². The van der Waals surface area contributed by atoms with Crippen molar-refractivity contribution in [2.75, 3.05) is 0 Å². The molecule has 3 aromatic rings. The maximum Gasteiger partial charge on any atom is 0.339 e. The molecule has 0 unspecified atom stereocenters.